The van der Waals surface area contributed by atoms with Crippen LogP contribution in [0.2, 0.25) is 0 Å². The molecule has 0 heterocycles. The third-order valence-electron chi connectivity index (χ3n) is 5.21. The Bertz CT molecular complexity index is 313. The fourth-order valence-corrected chi connectivity index (χ4v) is 3.35. The van der Waals surface area contributed by atoms with E-state index in [0.29, 0.717) is 13.0 Å². The van der Waals surface area contributed by atoms with Crippen LogP contribution >= 0.6 is 0 Å². The first kappa shape index (κ1) is 14.8. The zero-order valence-corrected chi connectivity index (χ0v) is 12.3. The largest absolute Gasteiger partial charge is 0.378 e. The van der Waals surface area contributed by atoms with Crippen LogP contribution in [0.15, 0.2) is 0 Å². The van der Waals surface area contributed by atoms with E-state index in [1.54, 1.807) is 7.11 Å². The molecule has 2 fully saturated rings. The number of methoxy groups -OCH3 is 1. The highest BCUT2D eigenvalue weighted by atomic mass is 16.5. The van der Waals surface area contributed by atoms with Crippen LogP contribution in [-0.2, 0) is 9.53 Å². The summed E-state index contributed by atoms with van der Waals surface area (Å²) in [6.45, 7) is 2.82. The Labute approximate surface area is 116 Å². The van der Waals surface area contributed by atoms with Gasteiger partial charge in [-0.15, -0.1) is 0 Å². The smallest absolute Gasteiger partial charge is 0.223 e. The maximum absolute atomic E-state index is 12.3. The quantitative estimate of drug-likeness (QED) is 0.801. The molecule has 110 valence electrons. The normalized spacial score (nSPS) is 33.5. The molecule has 0 aliphatic heterocycles. The maximum Gasteiger partial charge on any atom is 0.223 e. The Morgan fingerprint density at radius 1 is 1.32 bits per heavy atom. The molecule has 2 aliphatic rings. The number of hydrogen-bond acceptors (Lipinski definition) is 3. The van der Waals surface area contributed by atoms with Crippen LogP contribution in [0.1, 0.15) is 58.3 Å². The van der Waals surface area contributed by atoms with Gasteiger partial charge in [-0.05, 0) is 50.9 Å². The van der Waals surface area contributed by atoms with E-state index in [0.717, 1.165) is 44.4 Å². The first-order valence-corrected chi connectivity index (χ1v) is 7.59. The molecule has 0 atom stereocenters. The highest BCUT2D eigenvalue weighted by Gasteiger charge is 2.41. The van der Waals surface area contributed by atoms with Gasteiger partial charge in [0.15, 0.2) is 0 Å². The minimum atomic E-state index is -0.193. The second-order valence-corrected chi connectivity index (χ2v) is 6.63. The third kappa shape index (κ3) is 3.29. The standard InChI is InChI=1S/C15H28N2O2/c1-12-4-8-14(11-16,9-5-12)17-13(18)10-15(19-2)6-3-7-15/h12H,3-11,16H2,1-2H3,(H,17,18). The summed E-state index contributed by atoms with van der Waals surface area (Å²) in [4.78, 5) is 12.3. The van der Waals surface area contributed by atoms with Gasteiger partial charge >= 0.3 is 0 Å². The zero-order valence-electron chi connectivity index (χ0n) is 12.3. The summed E-state index contributed by atoms with van der Waals surface area (Å²) in [5, 5.41) is 3.22. The van der Waals surface area contributed by atoms with Gasteiger partial charge in [0.05, 0.1) is 17.6 Å². The van der Waals surface area contributed by atoms with Crippen molar-refractivity contribution in [2.24, 2.45) is 11.7 Å². The Hall–Kier alpha value is -0.610. The van der Waals surface area contributed by atoms with E-state index in [-0.39, 0.29) is 17.0 Å². The Balaban J connectivity index is 1.89. The molecule has 0 radical (unpaired) electrons. The summed E-state index contributed by atoms with van der Waals surface area (Å²) in [7, 11) is 1.72. The lowest BCUT2D eigenvalue weighted by molar-refractivity contribution is -0.136. The molecule has 4 nitrogen and oxygen atoms in total. The molecule has 0 spiro atoms. The van der Waals surface area contributed by atoms with Crippen LogP contribution in [-0.4, -0.2) is 30.7 Å². The molecule has 0 aromatic carbocycles. The highest BCUT2D eigenvalue weighted by Crippen LogP contribution is 2.38. The van der Waals surface area contributed by atoms with E-state index < -0.39 is 0 Å². The SMILES string of the molecule is COC1(CC(=O)NC2(CN)CCC(C)CC2)CCC1. The summed E-state index contributed by atoms with van der Waals surface area (Å²) >= 11 is 0. The number of carbonyl (C=O) groups excluding carboxylic acids is 1. The Morgan fingerprint density at radius 2 is 1.95 bits per heavy atom. The van der Waals surface area contributed by atoms with Crippen molar-refractivity contribution in [1.82, 2.24) is 5.32 Å². The van der Waals surface area contributed by atoms with Gasteiger partial charge in [0, 0.05) is 13.7 Å². The molecule has 2 saturated carbocycles. The second-order valence-electron chi connectivity index (χ2n) is 6.63. The molecule has 4 heteroatoms. The van der Waals surface area contributed by atoms with Crippen molar-refractivity contribution in [1.29, 1.82) is 0 Å². The molecule has 19 heavy (non-hydrogen) atoms. The summed E-state index contributed by atoms with van der Waals surface area (Å²) in [5.74, 6) is 0.870. The predicted molar refractivity (Wildman–Crippen MR) is 75.8 cm³/mol. The van der Waals surface area contributed by atoms with Crippen LogP contribution in [0, 0.1) is 5.92 Å². The van der Waals surface area contributed by atoms with Crippen molar-refractivity contribution < 1.29 is 9.53 Å². The molecular weight excluding hydrogens is 240 g/mol. The number of nitrogens with one attached hydrogen (secondary N) is 1. The van der Waals surface area contributed by atoms with Crippen LogP contribution < -0.4 is 11.1 Å². The van der Waals surface area contributed by atoms with Crippen molar-refractivity contribution in [3.63, 3.8) is 0 Å². The number of nitrogens with two attached hydrogens (primary N) is 1. The van der Waals surface area contributed by atoms with Gasteiger partial charge in [-0.1, -0.05) is 6.92 Å². The van der Waals surface area contributed by atoms with Crippen LogP contribution in [0.5, 0.6) is 0 Å². The number of amides is 1. The molecular formula is C15H28N2O2. The van der Waals surface area contributed by atoms with Crippen LogP contribution in [0.25, 0.3) is 0 Å². The average Bonchev–Trinajstić information content (AvgIpc) is 2.37. The Morgan fingerprint density at radius 3 is 2.37 bits per heavy atom. The van der Waals surface area contributed by atoms with Crippen molar-refractivity contribution in [3.05, 3.63) is 0 Å². The summed E-state index contributed by atoms with van der Waals surface area (Å²) in [6.07, 6.45) is 8.00. The number of ether oxygens (including phenoxy) is 1. The van der Waals surface area contributed by atoms with E-state index in [1.165, 1.54) is 6.42 Å². The molecule has 3 N–H and O–H groups in total. The Kier molecular flexibility index (Phi) is 4.51. The topological polar surface area (TPSA) is 64.3 Å². The van der Waals surface area contributed by atoms with E-state index in [9.17, 15) is 4.79 Å². The van der Waals surface area contributed by atoms with E-state index in [2.05, 4.69) is 12.2 Å². The lowest BCUT2D eigenvalue weighted by atomic mass is 9.75. The van der Waals surface area contributed by atoms with Gasteiger partial charge in [0.25, 0.3) is 0 Å². The molecule has 0 bridgehead atoms. The van der Waals surface area contributed by atoms with Crippen molar-refractivity contribution in [2.75, 3.05) is 13.7 Å². The predicted octanol–water partition coefficient (Wildman–Crippen LogP) is 1.97. The molecule has 0 saturated heterocycles. The van der Waals surface area contributed by atoms with Crippen LogP contribution in [0.3, 0.4) is 0 Å². The fraction of sp³-hybridized carbons (Fsp3) is 0.933. The van der Waals surface area contributed by atoms with Crippen molar-refractivity contribution >= 4 is 5.91 Å². The van der Waals surface area contributed by atoms with Gasteiger partial charge in [-0.25, -0.2) is 0 Å². The van der Waals surface area contributed by atoms with Crippen molar-refractivity contribution in [3.8, 4) is 0 Å². The summed E-state index contributed by atoms with van der Waals surface area (Å²) in [5.41, 5.74) is 5.57. The minimum absolute atomic E-state index is 0.113. The first-order valence-electron chi connectivity index (χ1n) is 7.59. The minimum Gasteiger partial charge on any atom is -0.378 e. The number of rotatable bonds is 5. The molecule has 2 aliphatic carbocycles. The van der Waals surface area contributed by atoms with Crippen molar-refractivity contribution in [2.45, 2.75) is 69.4 Å². The first-order chi connectivity index (χ1) is 9.03. The molecule has 0 aromatic rings. The average molecular weight is 268 g/mol. The zero-order chi connectivity index (χ0) is 13.9. The molecule has 1 amide bonds. The lowest BCUT2D eigenvalue weighted by Crippen LogP contribution is -2.57. The van der Waals surface area contributed by atoms with Gasteiger partial charge in [0.1, 0.15) is 0 Å². The molecule has 0 aromatic heterocycles. The second kappa shape index (κ2) is 5.80. The monoisotopic (exact) mass is 268 g/mol. The summed E-state index contributed by atoms with van der Waals surface area (Å²) < 4.78 is 5.53. The van der Waals surface area contributed by atoms with E-state index in [1.807, 2.05) is 0 Å². The number of carbonyl (C=O) groups is 1. The van der Waals surface area contributed by atoms with Gasteiger partial charge in [-0.2, -0.15) is 0 Å². The highest BCUT2D eigenvalue weighted by molar-refractivity contribution is 5.78. The summed E-state index contributed by atoms with van der Waals surface area (Å²) in [6, 6.07) is 0. The molecule has 0 unspecified atom stereocenters. The van der Waals surface area contributed by atoms with Crippen LogP contribution in [0.4, 0.5) is 0 Å². The fourth-order valence-electron chi connectivity index (χ4n) is 3.35. The van der Waals surface area contributed by atoms with Gasteiger partial charge in [-0.3, -0.25) is 4.79 Å². The van der Waals surface area contributed by atoms with E-state index in [4.69, 9.17) is 10.5 Å². The maximum atomic E-state index is 12.3. The molecule has 2 rings (SSSR count). The van der Waals surface area contributed by atoms with Gasteiger partial charge < -0.3 is 15.8 Å². The third-order valence-corrected chi connectivity index (χ3v) is 5.21. The number of hydrogen-bond donors (Lipinski definition) is 2. The lowest BCUT2D eigenvalue weighted by Gasteiger charge is -2.43. The van der Waals surface area contributed by atoms with Gasteiger partial charge in [0.2, 0.25) is 5.91 Å². The van der Waals surface area contributed by atoms with E-state index >= 15 is 0 Å².